The molecule has 0 fully saturated rings. The molecule has 1 amide bonds. The fraction of sp³-hybridized carbons (Fsp3) is 0.714. The van der Waals surface area contributed by atoms with Crippen molar-refractivity contribution in [2.75, 3.05) is 12.0 Å². The van der Waals surface area contributed by atoms with Crippen LogP contribution in [0.3, 0.4) is 0 Å². The molecule has 0 radical (unpaired) electrons. The largest absolute Gasteiger partial charge is 0.409 e. The van der Waals surface area contributed by atoms with E-state index in [2.05, 4.69) is 10.5 Å². The molecule has 0 rings (SSSR count). The fourth-order valence-corrected chi connectivity index (χ4v) is 1.04. The Hall–Kier alpha value is -0.910. The van der Waals surface area contributed by atoms with E-state index in [0.29, 0.717) is 5.75 Å². The van der Waals surface area contributed by atoms with Gasteiger partial charge >= 0.3 is 0 Å². The van der Waals surface area contributed by atoms with Gasteiger partial charge in [0.15, 0.2) is 5.84 Å². The number of hydrogen-bond donors (Lipinski definition) is 3. The molecular formula is C7H15N3O2S. The highest BCUT2D eigenvalue weighted by Crippen LogP contribution is 2.02. The van der Waals surface area contributed by atoms with Gasteiger partial charge in [0.1, 0.15) is 0 Å². The lowest BCUT2D eigenvalue weighted by Crippen LogP contribution is -2.53. The Morgan fingerprint density at radius 3 is 2.62 bits per heavy atom. The van der Waals surface area contributed by atoms with Crippen LogP contribution >= 0.6 is 11.8 Å². The Balaban J connectivity index is 4.25. The minimum atomic E-state index is -0.804. The first-order chi connectivity index (χ1) is 5.94. The van der Waals surface area contributed by atoms with Gasteiger partial charge in [-0.25, -0.2) is 0 Å². The summed E-state index contributed by atoms with van der Waals surface area (Å²) >= 11 is 1.41. The zero-order chi connectivity index (χ0) is 10.5. The summed E-state index contributed by atoms with van der Waals surface area (Å²) < 4.78 is 0. The molecular weight excluding hydrogens is 190 g/mol. The second kappa shape index (κ2) is 4.96. The third-order valence-electron chi connectivity index (χ3n) is 1.48. The monoisotopic (exact) mass is 205 g/mol. The molecule has 0 spiro atoms. The Morgan fingerprint density at radius 1 is 1.69 bits per heavy atom. The number of thioether (sulfide) groups is 1. The molecule has 0 saturated carbocycles. The first-order valence-electron chi connectivity index (χ1n) is 3.72. The van der Waals surface area contributed by atoms with Crippen molar-refractivity contribution >= 4 is 23.5 Å². The summed E-state index contributed by atoms with van der Waals surface area (Å²) in [5, 5.41) is 13.9. The van der Waals surface area contributed by atoms with Crippen molar-refractivity contribution in [1.29, 1.82) is 0 Å². The number of nitrogens with two attached hydrogens (primary N) is 1. The lowest BCUT2D eigenvalue weighted by Gasteiger charge is -2.24. The zero-order valence-corrected chi connectivity index (χ0v) is 8.81. The summed E-state index contributed by atoms with van der Waals surface area (Å²) in [6.07, 6.45) is 1.83. The van der Waals surface area contributed by atoms with E-state index in [4.69, 9.17) is 10.9 Å². The molecule has 0 aliphatic carbocycles. The lowest BCUT2D eigenvalue weighted by molar-refractivity contribution is -0.119. The number of amides is 1. The van der Waals surface area contributed by atoms with E-state index in [1.807, 2.05) is 6.26 Å². The van der Waals surface area contributed by atoms with E-state index < -0.39 is 5.54 Å². The van der Waals surface area contributed by atoms with Gasteiger partial charge in [-0.15, -0.1) is 0 Å². The summed E-state index contributed by atoms with van der Waals surface area (Å²) in [6.45, 7) is 3.33. The van der Waals surface area contributed by atoms with Crippen LogP contribution in [0.1, 0.15) is 13.8 Å². The van der Waals surface area contributed by atoms with Crippen molar-refractivity contribution in [3.63, 3.8) is 0 Å². The number of amidine groups is 1. The summed E-state index contributed by atoms with van der Waals surface area (Å²) in [4.78, 5) is 11.2. The average Bonchev–Trinajstić information content (AvgIpc) is 2.02. The van der Waals surface area contributed by atoms with Crippen molar-refractivity contribution in [2.24, 2.45) is 10.9 Å². The highest BCUT2D eigenvalue weighted by atomic mass is 32.2. The maximum Gasteiger partial charge on any atom is 0.230 e. The van der Waals surface area contributed by atoms with Gasteiger partial charge in [0, 0.05) is 0 Å². The molecule has 0 unspecified atom stereocenters. The summed E-state index contributed by atoms with van der Waals surface area (Å²) in [7, 11) is 0. The minimum absolute atomic E-state index is 0.0121. The molecule has 0 aromatic rings. The van der Waals surface area contributed by atoms with Gasteiger partial charge < -0.3 is 16.3 Å². The molecule has 13 heavy (non-hydrogen) atoms. The van der Waals surface area contributed by atoms with Crippen molar-refractivity contribution < 1.29 is 10.0 Å². The molecule has 0 aromatic carbocycles. The molecule has 0 saturated heterocycles. The molecule has 6 heteroatoms. The standard InChI is InChI=1S/C7H15N3O2S/c1-7(2,6(8)10-12)9-5(11)4-13-3/h12H,4H2,1-3H3,(H2,8,10)(H,9,11). The van der Waals surface area contributed by atoms with E-state index in [1.54, 1.807) is 13.8 Å². The molecule has 76 valence electrons. The quantitative estimate of drug-likeness (QED) is 0.261. The Morgan fingerprint density at radius 2 is 2.23 bits per heavy atom. The second-order valence-electron chi connectivity index (χ2n) is 3.09. The van der Waals surface area contributed by atoms with Gasteiger partial charge in [-0.05, 0) is 20.1 Å². The van der Waals surface area contributed by atoms with Gasteiger partial charge in [0.05, 0.1) is 11.3 Å². The van der Waals surface area contributed by atoms with Crippen LogP contribution in [-0.4, -0.2) is 34.5 Å². The lowest BCUT2D eigenvalue weighted by atomic mass is 10.0. The summed E-state index contributed by atoms with van der Waals surface area (Å²) in [5.74, 6) is 0.216. The van der Waals surface area contributed by atoms with Crippen LogP contribution in [0.2, 0.25) is 0 Å². The van der Waals surface area contributed by atoms with Gasteiger partial charge in [0.2, 0.25) is 5.91 Å². The first kappa shape index (κ1) is 12.1. The molecule has 0 bridgehead atoms. The van der Waals surface area contributed by atoms with Gasteiger partial charge in [-0.2, -0.15) is 11.8 Å². The fourth-order valence-electron chi connectivity index (χ4n) is 0.705. The van der Waals surface area contributed by atoms with Crippen molar-refractivity contribution in [3.8, 4) is 0 Å². The molecule has 0 atom stereocenters. The Kier molecular flexibility index (Phi) is 4.61. The van der Waals surface area contributed by atoms with E-state index in [0.717, 1.165) is 0 Å². The number of nitrogens with zero attached hydrogens (tertiary/aromatic N) is 1. The van der Waals surface area contributed by atoms with Gasteiger partial charge in [0.25, 0.3) is 0 Å². The number of rotatable bonds is 4. The van der Waals surface area contributed by atoms with Gasteiger partial charge in [-0.1, -0.05) is 5.16 Å². The Bertz CT molecular complexity index is 216. The maximum absolute atomic E-state index is 11.2. The highest BCUT2D eigenvalue weighted by molar-refractivity contribution is 7.99. The van der Waals surface area contributed by atoms with E-state index in [1.165, 1.54) is 11.8 Å². The van der Waals surface area contributed by atoms with E-state index in [9.17, 15) is 4.79 Å². The van der Waals surface area contributed by atoms with Crippen LogP contribution in [0, 0.1) is 0 Å². The van der Waals surface area contributed by atoms with Crippen LogP contribution in [-0.2, 0) is 4.79 Å². The molecule has 0 aliphatic rings. The SMILES string of the molecule is CSCC(=O)NC(C)(C)C(N)=NO. The molecule has 0 aromatic heterocycles. The number of oxime groups is 1. The molecule has 5 nitrogen and oxygen atoms in total. The third-order valence-corrected chi connectivity index (χ3v) is 2.03. The Labute approximate surface area is 81.7 Å². The van der Waals surface area contributed by atoms with Crippen LogP contribution < -0.4 is 11.1 Å². The van der Waals surface area contributed by atoms with Gasteiger partial charge in [-0.3, -0.25) is 4.79 Å². The minimum Gasteiger partial charge on any atom is -0.409 e. The van der Waals surface area contributed by atoms with Crippen LogP contribution in [0.4, 0.5) is 0 Å². The number of carbonyl (C=O) groups excluding carboxylic acids is 1. The molecule has 4 N–H and O–H groups in total. The first-order valence-corrected chi connectivity index (χ1v) is 5.11. The van der Waals surface area contributed by atoms with E-state index >= 15 is 0 Å². The van der Waals surface area contributed by atoms with E-state index in [-0.39, 0.29) is 11.7 Å². The van der Waals surface area contributed by atoms with Crippen molar-refractivity contribution in [1.82, 2.24) is 5.32 Å². The third kappa shape index (κ3) is 4.02. The number of hydrogen-bond acceptors (Lipinski definition) is 4. The van der Waals surface area contributed by atoms with Crippen LogP contribution in [0.25, 0.3) is 0 Å². The van der Waals surface area contributed by atoms with Crippen LogP contribution in [0.15, 0.2) is 5.16 Å². The molecule has 0 aliphatic heterocycles. The summed E-state index contributed by atoms with van der Waals surface area (Å²) in [5.41, 5.74) is 4.57. The normalized spacial score (nSPS) is 12.7. The average molecular weight is 205 g/mol. The van der Waals surface area contributed by atoms with Crippen LogP contribution in [0.5, 0.6) is 0 Å². The number of nitrogens with one attached hydrogen (secondary N) is 1. The maximum atomic E-state index is 11.2. The smallest absolute Gasteiger partial charge is 0.230 e. The number of carbonyl (C=O) groups is 1. The van der Waals surface area contributed by atoms with Crippen molar-refractivity contribution in [2.45, 2.75) is 19.4 Å². The zero-order valence-electron chi connectivity index (χ0n) is 8.00. The predicted molar refractivity (Wildman–Crippen MR) is 54.0 cm³/mol. The summed E-state index contributed by atoms with van der Waals surface area (Å²) in [6, 6.07) is 0. The highest BCUT2D eigenvalue weighted by Gasteiger charge is 2.25. The molecule has 0 heterocycles. The topological polar surface area (TPSA) is 87.7 Å². The second-order valence-corrected chi connectivity index (χ2v) is 3.96. The van der Waals surface area contributed by atoms with Crippen molar-refractivity contribution in [3.05, 3.63) is 0 Å². The predicted octanol–water partition coefficient (Wildman–Crippen LogP) is -0.00940.